The molecule has 1 aromatic heterocycles. The zero-order valence-corrected chi connectivity index (χ0v) is 11.2. The highest BCUT2D eigenvalue weighted by atomic mass is 32.2. The molecule has 0 amide bonds. The van der Waals surface area contributed by atoms with E-state index in [1.807, 2.05) is 11.8 Å². The molecular formula is C12H17N3O2S. The van der Waals surface area contributed by atoms with Crippen LogP contribution in [0.1, 0.15) is 25.7 Å². The third kappa shape index (κ3) is 3.13. The van der Waals surface area contributed by atoms with Crippen molar-refractivity contribution < 1.29 is 4.92 Å². The molecule has 6 heteroatoms. The van der Waals surface area contributed by atoms with Gasteiger partial charge in [0.2, 0.25) is 5.82 Å². The number of rotatable bonds is 4. The maximum atomic E-state index is 10.9. The number of nitro groups is 1. The molecule has 0 unspecified atom stereocenters. The summed E-state index contributed by atoms with van der Waals surface area (Å²) in [6.45, 7) is 0. The van der Waals surface area contributed by atoms with Crippen molar-refractivity contribution in [1.82, 2.24) is 4.98 Å². The van der Waals surface area contributed by atoms with E-state index in [2.05, 4.69) is 16.6 Å². The zero-order valence-electron chi connectivity index (χ0n) is 10.3. The number of nitrogens with zero attached hydrogens (tertiary/aromatic N) is 2. The molecule has 0 radical (unpaired) electrons. The van der Waals surface area contributed by atoms with E-state index in [1.165, 1.54) is 18.9 Å². The van der Waals surface area contributed by atoms with Gasteiger partial charge in [-0.3, -0.25) is 10.1 Å². The summed E-state index contributed by atoms with van der Waals surface area (Å²) in [6, 6.07) is 3.39. The van der Waals surface area contributed by atoms with Crippen LogP contribution in [-0.2, 0) is 0 Å². The molecule has 0 atom stereocenters. The summed E-state index contributed by atoms with van der Waals surface area (Å²) in [5.41, 5.74) is 0.0597. The van der Waals surface area contributed by atoms with Crippen LogP contribution in [0.4, 0.5) is 11.5 Å². The summed E-state index contributed by atoms with van der Waals surface area (Å²) in [6.07, 6.45) is 8.17. The third-order valence-electron chi connectivity index (χ3n) is 3.33. The van der Waals surface area contributed by atoms with E-state index in [0.717, 1.165) is 18.1 Å². The van der Waals surface area contributed by atoms with Gasteiger partial charge in [-0.15, -0.1) is 0 Å². The third-order valence-corrected chi connectivity index (χ3v) is 4.47. The van der Waals surface area contributed by atoms with E-state index >= 15 is 0 Å². The molecule has 2 rings (SSSR count). The van der Waals surface area contributed by atoms with Gasteiger partial charge in [0.05, 0.1) is 4.92 Å². The van der Waals surface area contributed by atoms with Crippen LogP contribution in [0.2, 0.25) is 0 Å². The molecule has 98 valence electrons. The second-order valence-corrected chi connectivity index (χ2v) is 5.62. The number of aromatic nitrogens is 1. The molecule has 1 saturated carbocycles. The van der Waals surface area contributed by atoms with Gasteiger partial charge in [0.25, 0.3) is 0 Å². The molecule has 0 aromatic carbocycles. The molecule has 0 aliphatic heterocycles. The number of thioether (sulfide) groups is 1. The van der Waals surface area contributed by atoms with E-state index in [4.69, 9.17) is 0 Å². The number of hydrogen-bond donors (Lipinski definition) is 1. The minimum atomic E-state index is -0.386. The predicted molar refractivity (Wildman–Crippen MR) is 74.1 cm³/mol. The Bertz CT molecular complexity index is 420. The lowest BCUT2D eigenvalue weighted by Gasteiger charge is -2.28. The topological polar surface area (TPSA) is 68.1 Å². The first-order valence-electron chi connectivity index (χ1n) is 6.09. The Balaban J connectivity index is 2.00. The van der Waals surface area contributed by atoms with Crippen molar-refractivity contribution in [2.24, 2.45) is 0 Å². The quantitative estimate of drug-likeness (QED) is 0.670. The number of hydrogen-bond acceptors (Lipinski definition) is 5. The van der Waals surface area contributed by atoms with Gasteiger partial charge in [-0.05, 0) is 38.0 Å². The van der Waals surface area contributed by atoms with Crippen LogP contribution in [0.15, 0.2) is 18.3 Å². The van der Waals surface area contributed by atoms with Crippen LogP contribution in [0, 0.1) is 10.1 Å². The number of nitrogens with one attached hydrogen (secondary N) is 1. The lowest BCUT2D eigenvalue weighted by molar-refractivity contribution is -0.384. The average Bonchev–Trinajstić information content (AvgIpc) is 2.40. The zero-order chi connectivity index (χ0) is 13.0. The number of anilines is 1. The fourth-order valence-corrected chi connectivity index (χ4v) is 3.04. The fourth-order valence-electron chi connectivity index (χ4n) is 2.29. The van der Waals surface area contributed by atoms with Crippen LogP contribution >= 0.6 is 11.8 Å². The van der Waals surface area contributed by atoms with Gasteiger partial charge in [0.1, 0.15) is 0 Å². The van der Waals surface area contributed by atoms with Crippen molar-refractivity contribution in [3.05, 3.63) is 28.4 Å². The molecule has 1 fully saturated rings. The van der Waals surface area contributed by atoms with Gasteiger partial charge < -0.3 is 5.32 Å². The van der Waals surface area contributed by atoms with E-state index < -0.39 is 0 Å². The number of pyridine rings is 1. The summed E-state index contributed by atoms with van der Waals surface area (Å²) in [5.74, 6) is 0.398. The lowest BCUT2D eigenvalue weighted by Crippen LogP contribution is -2.27. The first kappa shape index (κ1) is 13.1. The smallest absolute Gasteiger partial charge is 0.311 e. The molecule has 1 aliphatic rings. The highest BCUT2D eigenvalue weighted by molar-refractivity contribution is 7.99. The van der Waals surface area contributed by atoms with Crippen LogP contribution in [0.5, 0.6) is 0 Å². The summed E-state index contributed by atoms with van der Waals surface area (Å²) >= 11 is 1.91. The highest BCUT2D eigenvalue weighted by Crippen LogP contribution is 2.30. The van der Waals surface area contributed by atoms with Gasteiger partial charge in [0.15, 0.2) is 0 Å². The summed E-state index contributed by atoms with van der Waals surface area (Å²) in [5, 5.41) is 14.8. The summed E-state index contributed by atoms with van der Waals surface area (Å²) < 4.78 is 0. The van der Waals surface area contributed by atoms with Crippen LogP contribution in [0.25, 0.3) is 0 Å². The maximum absolute atomic E-state index is 10.9. The molecular weight excluding hydrogens is 250 g/mol. The molecule has 1 N–H and O–H groups in total. The fraction of sp³-hybridized carbons (Fsp3) is 0.583. The average molecular weight is 267 g/mol. The molecule has 0 bridgehead atoms. The summed E-state index contributed by atoms with van der Waals surface area (Å²) in [4.78, 5) is 14.6. The normalized spacial score (nSPS) is 23.6. The van der Waals surface area contributed by atoms with Crippen LogP contribution < -0.4 is 5.32 Å². The van der Waals surface area contributed by atoms with Gasteiger partial charge in [0, 0.05) is 23.6 Å². The Morgan fingerprint density at radius 3 is 2.78 bits per heavy atom. The monoisotopic (exact) mass is 267 g/mol. The Hall–Kier alpha value is -1.30. The Labute approximate surface area is 111 Å². The summed E-state index contributed by atoms with van der Waals surface area (Å²) in [7, 11) is 0. The first-order chi connectivity index (χ1) is 8.70. The largest absolute Gasteiger partial charge is 0.362 e. The standard InChI is InChI=1S/C12H17N3O2S/c1-18-10-6-4-9(5-7-10)14-12-11(15(16)17)3-2-8-13-12/h2-3,8-10H,4-7H2,1H3,(H,13,14). The maximum Gasteiger partial charge on any atom is 0.311 e. The Morgan fingerprint density at radius 2 is 2.17 bits per heavy atom. The highest BCUT2D eigenvalue weighted by Gasteiger charge is 2.23. The molecule has 18 heavy (non-hydrogen) atoms. The minimum absolute atomic E-state index is 0.0597. The molecule has 1 heterocycles. The van der Waals surface area contributed by atoms with Crippen molar-refractivity contribution in [1.29, 1.82) is 0 Å². The van der Waals surface area contributed by atoms with E-state index in [-0.39, 0.29) is 10.6 Å². The van der Waals surface area contributed by atoms with Gasteiger partial charge in [-0.2, -0.15) is 11.8 Å². The molecule has 1 aliphatic carbocycles. The SMILES string of the molecule is CSC1CCC(Nc2ncccc2[N+](=O)[O-])CC1. The Morgan fingerprint density at radius 1 is 1.44 bits per heavy atom. The molecule has 0 saturated heterocycles. The molecule has 5 nitrogen and oxygen atoms in total. The van der Waals surface area contributed by atoms with E-state index in [9.17, 15) is 10.1 Å². The first-order valence-corrected chi connectivity index (χ1v) is 7.38. The second-order valence-electron chi connectivity index (χ2n) is 4.48. The lowest BCUT2D eigenvalue weighted by atomic mass is 9.95. The van der Waals surface area contributed by atoms with Gasteiger partial charge >= 0.3 is 5.69 Å². The molecule has 0 spiro atoms. The van der Waals surface area contributed by atoms with Crippen molar-refractivity contribution in [2.75, 3.05) is 11.6 Å². The van der Waals surface area contributed by atoms with Crippen LogP contribution in [0.3, 0.4) is 0 Å². The van der Waals surface area contributed by atoms with Crippen LogP contribution in [-0.4, -0.2) is 27.5 Å². The van der Waals surface area contributed by atoms with E-state index in [1.54, 1.807) is 12.3 Å². The minimum Gasteiger partial charge on any atom is -0.362 e. The van der Waals surface area contributed by atoms with Crippen molar-refractivity contribution in [2.45, 2.75) is 37.0 Å². The van der Waals surface area contributed by atoms with Crippen molar-refractivity contribution >= 4 is 23.3 Å². The van der Waals surface area contributed by atoms with Crippen molar-refractivity contribution in [3.63, 3.8) is 0 Å². The second kappa shape index (κ2) is 6.04. The predicted octanol–water partition coefficient (Wildman–Crippen LogP) is 3.08. The van der Waals surface area contributed by atoms with Gasteiger partial charge in [-0.25, -0.2) is 4.98 Å². The molecule has 1 aromatic rings. The van der Waals surface area contributed by atoms with Gasteiger partial charge in [-0.1, -0.05) is 0 Å². The van der Waals surface area contributed by atoms with Crippen molar-refractivity contribution in [3.8, 4) is 0 Å². The van der Waals surface area contributed by atoms with E-state index in [0.29, 0.717) is 11.9 Å². The Kier molecular flexibility index (Phi) is 4.41.